The van der Waals surface area contributed by atoms with E-state index in [2.05, 4.69) is 36.3 Å². The highest BCUT2D eigenvalue weighted by Gasteiger charge is 2.44. The number of rotatable bonds is 2. The molecule has 0 radical (unpaired) electrons. The van der Waals surface area contributed by atoms with Crippen LogP contribution < -0.4 is 11.1 Å². The number of aromatic amines is 1. The Morgan fingerprint density at radius 1 is 1.63 bits per heavy atom. The van der Waals surface area contributed by atoms with E-state index in [1.54, 1.807) is 0 Å². The van der Waals surface area contributed by atoms with Crippen LogP contribution in [0.1, 0.15) is 33.4 Å². The van der Waals surface area contributed by atoms with Gasteiger partial charge in [-0.25, -0.2) is 0 Å². The number of nitrogens with two attached hydrogens (primary N) is 1. The van der Waals surface area contributed by atoms with Gasteiger partial charge in [0.2, 0.25) is 5.91 Å². The highest BCUT2D eigenvalue weighted by Crippen LogP contribution is 2.29. The zero-order valence-electron chi connectivity index (χ0n) is 11.9. The number of nitrogens with one attached hydrogen (secondary N) is 2. The van der Waals surface area contributed by atoms with Crippen LogP contribution in [-0.2, 0) is 14.9 Å². The van der Waals surface area contributed by atoms with E-state index in [1.807, 2.05) is 13.0 Å². The number of amides is 1. The number of nitrogens with zero attached hydrogens (tertiary/aromatic N) is 1. The molecule has 4 N–H and O–H groups in total. The van der Waals surface area contributed by atoms with E-state index in [1.165, 1.54) is 0 Å². The minimum Gasteiger partial charge on any atom is -0.379 e. The minimum atomic E-state index is -0.694. The molecule has 2 unspecified atom stereocenters. The third-order valence-corrected chi connectivity index (χ3v) is 3.66. The number of hydrogen-bond donors (Lipinski definition) is 3. The molecule has 2 atom stereocenters. The van der Waals surface area contributed by atoms with Gasteiger partial charge in [-0.15, -0.1) is 0 Å². The van der Waals surface area contributed by atoms with E-state index < -0.39 is 5.41 Å². The summed E-state index contributed by atoms with van der Waals surface area (Å²) >= 11 is 0. The smallest absolute Gasteiger partial charge is 0.235 e. The highest BCUT2D eigenvalue weighted by atomic mass is 16.5. The number of aromatic nitrogens is 2. The molecule has 19 heavy (non-hydrogen) atoms. The van der Waals surface area contributed by atoms with Crippen LogP contribution in [0.5, 0.6) is 0 Å². The van der Waals surface area contributed by atoms with E-state index in [-0.39, 0.29) is 17.4 Å². The molecule has 1 aromatic rings. The third-order valence-electron chi connectivity index (χ3n) is 3.66. The van der Waals surface area contributed by atoms with Gasteiger partial charge in [0, 0.05) is 23.2 Å². The molecule has 1 aliphatic rings. The lowest BCUT2D eigenvalue weighted by molar-refractivity contribution is -0.125. The van der Waals surface area contributed by atoms with E-state index in [9.17, 15) is 4.79 Å². The highest BCUT2D eigenvalue weighted by molar-refractivity contribution is 5.95. The van der Waals surface area contributed by atoms with Gasteiger partial charge in [-0.1, -0.05) is 20.8 Å². The maximum Gasteiger partial charge on any atom is 0.235 e. The first-order valence-corrected chi connectivity index (χ1v) is 6.44. The van der Waals surface area contributed by atoms with Crippen LogP contribution in [0, 0.1) is 5.41 Å². The Balaban J connectivity index is 2.09. The molecular formula is C13H22N4O2. The van der Waals surface area contributed by atoms with Crippen molar-refractivity contribution in [1.82, 2.24) is 10.2 Å². The molecule has 0 saturated carbocycles. The van der Waals surface area contributed by atoms with Gasteiger partial charge in [-0.3, -0.25) is 9.89 Å². The molecule has 6 heteroatoms. The standard InChI is InChI=1S/C13H22N4O2/c1-12(2,3)9-5-10(17-16-9)15-11(18)13(4)7-19-6-8(13)14/h5,8H,6-7,14H2,1-4H3,(H2,15,16,17,18). The summed E-state index contributed by atoms with van der Waals surface area (Å²) in [7, 11) is 0. The topological polar surface area (TPSA) is 93.0 Å². The Kier molecular flexibility index (Phi) is 3.40. The van der Waals surface area contributed by atoms with Crippen molar-refractivity contribution < 1.29 is 9.53 Å². The summed E-state index contributed by atoms with van der Waals surface area (Å²) in [5, 5.41) is 9.86. The average Bonchev–Trinajstić information content (AvgIpc) is 2.87. The van der Waals surface area contributed by atoms with Gasteiger partial charge in [-0.2, -0.15) is 5.10 Å². The molecule has 1 fully saturated rings. The maximum absolute atomic E-state index is 12.3. The second kappa shape index (κ2) is 4.61. The van der Waals surface area contributed by atoms with Crippen LogP contribution in [0.4, 0.5) is 5.82 Å². The van der Waals surface area contributed by atoms with Crippen LogP contribution in [0.25, 0.3) is 0 Å². The lowest BCUT2D eigenvalue weighted by Crippen LogP contribution is -2.47. The number of hydrogen-bond acceptors (Lipinski definition) is 4. The third kappa shape index (κ3) is 2.64. The normalized spacial score (nSPS) is 27.5. The van der Waals surface area contributed by atoms with E-state index in [4.69, 9.17) is 10.5 Å². The van der Waals surface area contributed by atoms with Crippen LogP contribution >= 0.6 is 0 Å². The largest absolute Gasteiger partial charge is 0.379 e. The second-order valence-electron chi connectivity index (χ2n) is 6.41. The molecule has 1 aliphatic heterocycles. The van der Waals surface area contributed by atoms with Crippen LogP contribution in [0.15, 0.2) is 6.07 Å². The van der Waals surface area contributed by atoms with Gasteiger partial charge in [0.15, 0.2) is 5.82 Å². The Labute approximate surface area is 113 Å². The molecule has 2 heterocycles. The van der Waals surface area contributed by atoms with Gasteiger partial charge in [-0.05, 0) is 6.92 Å². The van der Waals surface area contributed by atoms with Crippen LogP contribution in [-0.4, -0.2) is 35.4 Å². The van der Waals surface area contributed by atoms with Crippen molar-refractivity contribution in [2.45, 2.75) is 39.2 Å². The van der Waals surface area contributed by atoms with Gasteiger partial charge in [0.1, 0.15) is 0 Å². The lowest BCUT2D eigenvalue weighted by Gasteiger charge is -2.24. The van der Waals surface area contributed by atoms with Crippen molar-refractivity contribution in [3.8, 4) is 0 Å². The van der Waals surface area contributed by atoms with Crippen molar-refractivity contribution in [2.75, 3.05) is 18.5 Å². The summed E-state index contributed by atoms with van der Waals surface area (Å²) in [6.07, 6.45) is 0. The average molecular weight is 266 g/mol. The number of ether oxygens (including phenoxy) is 1. The Morgan fingerprint density at radius 3 is 2.79 bits per heavy atom. The van der Waals surface area contributed by atoms with Crippen molar-refractivity contribution in [3.05, 3.63) is 11.8 Å². The van der Waals surface area contributed by atoms with Crippen molar-refractivity contribution in [2.24, 2.45) is 11.1 Å². The summed E-state index contributed by atoms with van der Waals surface area (Å²) in [4.78, 5) is 12.3. The first-order chi connectivity index (χ1) is 8.73. The molecule has 106 valence electrons. The van der Waals surface area contributed by atoms with E-state index in [0.717, 1.165) is 5.69 Å². The predicted octanol–water partition coefficient (Wildman–Crippen LogP) is 1.01. The van der Waals surface area contributed by atoms with Gasteiger partial charge in [0.25, 0.3) is 0 Å². The Bertz CT molecular complexity index is 477. The molecule has 0 aliphatic carbocycles. The molecule has 1 amide bonds. The van der Waals surface area contributed by atoms with E-state index in [0.29, 0.717) is 19.0 Å². The van der Waals surface area contributed by atoms with Crippen molar-refractivity contribution >= 4 is 11.7 Å². The van der Waals surface area contributed by atoms with Gasteiger partial charge < -0.3 is 15.8 Å². The predicted molar refractivity (Wildman–Crippen MR) is 72.8 cm³/mol. The van der Waals surface area contributed by atoms with E-state index >= 15 is 0 Å². The summed E-state index contributed by atoms with van der Waals surface area (Å²) in [6, 6.07) is 1.57. The molecular weight excluding hydrogens is 244 g/mol. The van der Waals surface area contributed by atoms with Crippen LogP contribution in [0.3, 0.4) is 0 Å². The van der Waals surface area contributed by atoms with Crippen molar-refractivity contribution in [3.63, 3.8) is 0 Å². The molecule has 0 spiro atoms. The summed E-state index contributed by atoms with van der Waals surface area (Å²) in [5.74, 6) is 0.375. The zero-order valence-corrected chi connectivity index (χ0v) is 11.9. The monoisotopic (exact) mass is 266 g/mol. The summed E-state index contributed by atoms with van der Waals surface area (Å²) < 4.78 is 5.28. The molecule has 1 saturated heterocycles. The van der Waals surface area contributed by atoms with Gasteiger partial charge in [0.05, 0.1) is 18.6 Å². The first kappa shape index (κ1) is 14.0. The van der Waals surface area contributed by atoms with Crippen LogP contribution in [0.2, 0.25) is 0 Å². The minimum absolute atomic E-state index is 0.0350. The van der Waals surface area contributed by atoms with Crippen molar-refractivity contribution in [1.29, 1.82) is 0 Å². The van der Waals surface area contributed by atoms with Gasteiger partial charge >= 0.3 is 0 Å². The molecule has 0 aromatic carbocycles. The summed E-state index contributed by atoms with van der Waals surface area (Å²) in [6.45, 7) is 8.81. The number of carbonyl (C=O) groups excluding carboxylic acids is 1. The fourth-order valence-electron chi connectivity index (χ4n) is 1.95. The quantitative estimate of drug-likeness (QED) is 0.744. The number of carbonyl (C=O) groups is 1. The molecule has 1 aromatic heterocycles. The summed E-state index contributed by atoms with van der Waals surface area (Å²) in [5.41, 5.74) is 6.17. The fourth-order valence-corrected chi connectivity index (χ4v) is 1.95. The number of H-pyrrole nitrogens is 1. The maximum atomic E-state index is 12.3. The second-order valence-corrected chi connectivity index (χ2v) is 6.41. The molecule has 2 rings (SSSR count). The molecule has 0 bridgehead atoms. The Hall–Kier alpha value is -1.40. The SMILES string of the molecule is CC(C)(C)c1cc(NC(=O)C2(C)COCC2N)n[nH]1. The molecule has 6 nitrogen and oxygen atoms in total. The zero-order chi connectivity index (χ0) is 14.3. The first-order valence-electron chi connectivity index (χ1n) is 6.44. The lowest BCUT2D eigenvalue weighted by atomic mass is 9.85. The Morgan fingerprint density at radius 2 is 2.32 bits per heavy atom. The fraction of sp³-hybridized carbons (Fsp3) is 0.692. The number of anilines is 1.